The third-order valence-electron chi connectivity index (χ3n) is 7.15. The Kier molecular flexibility index (Phi) is 6.71. The highest BCUT2D eigenvalue weighted by Crippen LogP contribution is 2.37. The summed E-state index contributed by atoms with van der Waals surface area (Å²) in [6, 6.07) is 10.9. The van der Waals surface area contributed by atoms with E-state index in [0.29, 0.717) is 22.4 Å². The summed E-state index contributed by atoms with van der Waals surface area (Å²) in [5, 5.41) is 12.7. The maximum atomic E-state index is 12.9. The van der Waals surface area contributed by atoms with E-state index in [4.69, 9.17) is 4.99 Å². The Morgan fingerprint density at radius 2 is 2.00 bits per heavy atom. The standard InChI is InChI=1S/C28H30N6O3/c1-3-6-19-12-13-30-24(17-19)31-27(35)21-10-8-20(9-11-21)26-32-25(23-18-29-14-16-34(23,26)2)22-7-4-5-15-33(22)28(36)37/h8-14,16-18,22H,3-7,15H2,1-2H3,(H-,30,31,35,36,37)/p+1. The third kappa shape index (κ3) is 4.70. The molecule has 2 atom stereocenters. The van der Waals surface area contributed by atoms with Gasteiger partial charge >= 0.3 is 6.09 Å². The maximum Gasteiger partial charge on any atom is 0.407 e. The summed E-state index contributed by atoms with van der Waals surface area (Å²) in [6.07, 6.45) is 10.7. The van der Waals surface area contributed by atoms with E-state index < -0.39 is 6.09 Å². The molecule has 0 aliphatic carbocycles. The van der Waals surface area contributed by atoms with Crippen LogP contribution in [0.15, 0.2) is 76.4 Å². The molecule has 1 fully saturated rings. The highest BCUT2D eigenvalue weighted by atomic mass is 16.4. The summed E-state index contributed by atoms with van der Waals surface area (Å²) in [5.74, 6) is 1.07. The summed E-state index contributed by atoms with van der Waals surface area (Å²) in [7, 11) is 2.02. The summed E-state index contributed by atoms with van der Waals surface area (Å²) in [6.45, 7) is 2.61. The molecule has 3 aliphatic rings. The van der Waals surface area contributed by atoms with Crippen LogP contribution < -0.4 is 5.32 Å². The first-order valence-corrected chi connectivity index (χ1v) is 12.7. The molecule has 5 rings (SSSR count). The van der Waals surface area contributed by atoms with Crippen LogP contribution in [-0.4, -0.2) is 63.2 Å². The van der Waals surface area contributed by atoms with Crippen molar-refractivity contribution < 1.29 is 19.2 Å². The zero-order valence-corrected chi connectivity index (χ0v) is 21.1. The number of hydrogen-bond donors (Lipinski definition) is 2. The van der Waals surface area contributed by atoms with Gasteiger partial charge in [0.25, 0.3) is 5.91 Å². The molecule has 0 saturated carbocycles. The van der Waals surface area contributed by atoms with Crippen molar-refractivity contribution in [2.24, 2.45) is 9.98 Å². The number of anilines is 1. The van der Waals surface area contributed by atoms with Crippen LogP contribution >= 0.6 is 0 Å². The fourth-order valence-corrected chi connectivity index (χ4v) is 5.22. The number of nitrogens with one attached hydrogen (secondary N) is 1. The molecule has 0 bridgehead atoms. The fraction of sp³-hybridized carbons (Fsp3) is 0.321. The lowest BCUT2D eigenvalue weighted by atomic mass is 9.98. The van der Waals surface area contributed by atoms with Gasteiger partial charge in [-0.05, 0) is 67.6 Å². The Labute approximate surface area is 216 Å². The van der Waals surface area contributed by atoms with Crippen LogP contribution in [0.25, 0.3) is 0 Å². The summed E-state index contributed by atoms with van der Waals surface area (Å²) in [5.41, 5.74) is 4.12. The number of carboxylic acid groups (broad SMARTS) is 1. The monoisotopic (exact) mass is 499 g/mol. The van der Waals surface area contributed by atoms with Gasteiger partial charge in [0.2, 0.25) is 5.84 Å². The van der Waals surface area contributed by atoms with E-state index in [2.05, 4.69) is 22.2 Å². The number of aryl methyl sites for hydroxylation is 1. The SMILES string of the molecule is CCCc1ccnc(NC(=O)c2ccc(C3=NC(C4CCCCN4C(=O)O)=C4C=NC=C[N+]34C)cc2)c1. The number of fused-ring (bicyclic) bond motifs is 1. The molecule has 9 heteroatoms. The average molecular weight is 500 g/mol. The molecule has 9 nitrogen and oxygen atoms in total. The van der Waals surface area contributed by atoms with Gasteiger partial charge in [-0.1, -0.05) is 13.3 Å². The second kappa shape index (κ2) is 10.1. The second-order valence-corrected chi connectivity index (χ2v) is 9.68. The average Bonchev–Trinajstić information content (AvgIpc) is 3.22. The van der Waals surface area contributed by atoms with Crippen molar-refractivity contribution in [1.82, 2.24) is 9.88 Å². The van der Waals surface area contributed by atoms with Crippen molar-refractivity contribution in [3.05, 3.63) is 83.1 Å². The quantitative estimate of drug-likeness (QED) is 0.557. The minimum atomic E-state index is -0.927. The van der Waals surface area contributed by atoms with Crippen molar-refractivity contribution in [2.75, 3.05) is 18.9 Å². The first kappa shape index (κ1) is 24.6. The van der Waals surface area contributed by atoms with Crippen molar-refractivity contribution in [3.8, 4) is 0 Å². The van der Waals surface area contributed by atoms with E-state index in [9.17, 15) is 14.7 Å². The van der Waals surface area contributed by atoms with Gasteiger partial charge in [-0.3, -0.25) is 14.7 Å². The Balaban J connectivity index is 1.41. The number of quaternary nitrogens is 1. The molecule has 1 aromatic carbocycles. The zero-order valence-electron chi connectivity index (χ0n) is 21.1. The van der Waals surface area contributed by atoms with E-state index >= 15 is 0 Å². The number of benzene rings is 1. The number of aliphatic imine (C=N–C) groups is 2. The minimum Gasteiger partial charge on any atom is -0.465 e. The lowest BCUT2D eigenvalue weighted by Crippen LogP contribution is -2.45. The van der Waals surface area contributed by atoms with E-state index in [0.717, 1.165) is 60.5 Å². The molecule has 0 radical (unpaired) electrons. The Bertz CT molecular complexity index is 1340. The number of rotatable bonds is 6. The molecule has 1 aromatic heterocycles. The van der Waals surface area contributed by atoms with Gasteiger partial charge in [0, 0.05) is 18.3 Å². The molecule has 2 amide bonds. The number of hydrogen-bond acceptors (Lipinski definition) is 5. The number of amidine groups is 1. The minimum absolute atomic E-state index is 0.231. The van der Waals surface area contributed by atoms with E-state index in [1.807, 2.05) is 37.5 Å². The number of amides is 2. The topological polar surface area (TPSA) is 107 Å². The fourth-order valence-electron chi connectivity index (χ4n) is 5.22. The number of aromatic nitrogens is 1. The van der Waals surface area contributed by atoms with Crippen LogP contribution in [0.5, 0.6) is 0 Å². The highest BCUT2D eigenvalue weighted by Gasteiger charge is 2.46. The number of allylic oxidation sites excluding steroid dienone is 1. The summed E-state index contributed by atoms with van der Waals surface area (Å²) in [4.78, 5) is 39.9. The van der Waals surface area contributed by atoms with Gasteiger partial charge in [0.15, 0.2) is 5.70 Å². The van der Waals surface area contributed by atoms with Gasteiger partial charge in [-0.15, -0.1) is 0 Å². The molecular weight excluding hydrogens is 468 g/mol. The number of nitrogens with zero attached hydrogens (tertiary/aromatic N) is 5. The van der Waals surface area contributed by atoms with Crippen molar-refractivity contribution in [1.29, 1.82) is 0 Å². The molecule has 0 spiro atoms. The van der Waals surface area contributed by atoms with Crippen LogP contribution in [0.1, 0.15) is 54.1 Å². The molecule has 2 N–H and O–H groups in total. The van der Waals surface area contributed by atoms with Crippen LogP contribution in [0, 0.1) is 0 Å². The van der Waals surface area contributed by atoms with E-state index in [-0.39, 0.29) is 11.9 Å². The summed E-state index contributed by atoms with van der Waals surface area (Å²) < 4.78 is 0.294. The molecule has 1 saturated heterocycles. The van der Waals surface area contributed by atoms with Gasteiger partial charge in [-0.2, -0.15) is 4.99 Å². The smallest absolute Gasteiger partial charge is 0.407 e. The molecule has 190 valence electrons. The molecule has 2 unspecified atom stereocenters. The largest absolute Gasteiger partial charge is 0.465 e. The second-order valence-electron chi connectivity index (χ2n) is 9.68. The summed E-state index contributed by atoms with van der Waals surface area (Å²) >= 11 is 0. The number of pyridine rings is 1. The van der Waals surface area contributed by atoms with Crippen molar-refractivity contribution in [2.45, 2.75) is 45.1 Å². The lowest BCUT2D eigenvalue weighted by molar-refractivity contribution is -0.713. The van der Waals surface area contributed by atoms with Gasteiger partial charge in [-0.25, -0.2) is 14.3 Å². The molecule has 37 heavy (non-hydrogen) atoms. The number of piperidine rings is 1. The molecular formula is C28H31N6O3+. The first-order chi connectivity index (χ1) is 17.9. The van der Waals surface area contributed by atoms with Gasteiger partial charge in [0.1, 0.15) is 17.7 Å². The molecule has 2 aromatic rings. The van der Waals surface area contributed by atoms with Crippen LogP contribution in [0.2, 0.25) is 0 Å². The van der Waals surface area contributed by atoms with E-state index in [1.165, 1.54) is 4.90 Å². The van der Waals surface area contributed by atoms with Crippen LogP contribution in [0.3, 0.4) is 0 Å². The van der Waals surface area contributed by atoms with E-state index in [1.54, 1.807) is 30.7 Å². The van der Waals surface area contributed by atoms with Gasteiger partial charge < -0.3 is 10.4 Å². The van der Waals surface area contributed by atoms with Crippen molar-refractivity contribution in [3.63, 3.8) is 0 Å². The number of likely N-dealkylation sites (tertiary alicyclic amines) is 1. The van der Waals surface area contributed by atoms with Gasteiger partial charge in [0.05, 0.1) is 31.1 Å². The maximum absolute atomic E-state index is 12.9. The zero-order chi connectivity index (χ0) is 26.0. The predicted molar refractivity (Wildman–Crippen MR) is 142 cm³/mol. The Hall–Kier alpha value is -4.11. The Morgan fingerprint density at radius 3 is 2.76 bits per heavy atom. The highest BCUT2D eigenvalue weighted by molar-refractivity contribution is 6.05. The molecule has 3 aliphatic heterocycles. The third-order valence-corrected chi connectivity index (χ3v) is 7.15. The molecule has 4 heterocycles. The number of carbonyl (C=O) groups excluding carboxylic acids is 1. The Morgan fingerprint density at radius 1 is 1.19 bits per heavy atom. The number of carbonyl (C=O) groups is 2. The first-order valence-electron chi connectivity index (χ1n) is 12.7. The predicted octanol–water partition coefficient (Wildman–Crippen LogP) is 4.79. The van der Waals surface area contributed by atoms with Crippen molar-refractivity contribution >= 4 is 29.9 Å². The van der Waals surface area contributed by atoms with Crippen LogP contribution in [0.4, 0.5) is 10.6 Å². The van der Waals surface area contributed by atoms with Crippen LogP contribution in [-0.2, 0) is 6.42 Å². The lowest BCUT2D eigenvalue weighted by Gasteiger charge is -2.33. The normalized spacial score (nSPS) is 22.6.